The standard InChI is InChI=1S/C8H5BrF2N2O4/c1-17-8(14)4-5(7(10)11)12-2-3(9)6(4)13(15)16/h2,7H,1H3. The first-order valence-corrected chi connectivity index (χ1v) is 4.88. The first kappa shape index (κ1) is 13.4. The lowest BCUT2D eigenvalue weighted by Crippen LogP contribution is -2.12. The number of carbonyl (C=O) groups excluding carboxylic acids is 1. The van der Waals surface area contributed by atoms with Crippen molar-refractivity contribution in [3.8, 4) is 0 Å². The Balaban J connectivity index is 3.61. The Labute approximate surface area is 102 Å². The highest BCUT2D eigenvalue weighted by molar-refractivity contribution is 9.10. The van der Waals surface area contributed by atoms with Crippen molar-refractivity contribution in [2.45, 2.75) is 6.43 Å². The molecular weight excluding hydrogens is 306 g/mol. The number of carbonyl (C=O) groups is 1. The van der Waals surface area contributed by atoms with Gasteiger partial charge in [-0.1, -0.05) is 0 Å². The average molecular weight is 311 g/mol. The number of halogens is 3. The molecule has 17 heavy (non-hydrogen) atoms. The lowest BCUT2D eigenvalue weighted by atomic mass is 10.1. The zero-order chi connectivity index (χ0) is 13.2. The van der Waals surface area contributed by atoms with Crippen LogP contribution in [-0.4, -0.2) is 23.0 Å². The lowest BCUT2D eigenvalue weighted by Gasteiger charge is -2.07. The number of hydrogen-bond acceptors (Lipinski definition) is 5. The van der Waals surface area contributed by atoms with Crippen LogP contribution in [0.25, 0.3) is 0 Å². The third-order valence-corrected chi connectivity index (χ3v) is 2.40. The molecule has 0 saturated carbocycles. The summed E-state index contributed by atoms with van der Waals surface area (Å²) in [5.41, 5.74) is -2.62. The largest absolute Gasteiger partial charge is 0.465 e. The van der Waals surface area contributed by atoms with E-state index in [9.17, 15) is 23.7 Å². The second kappa shape index (κ2) is 5.13. The summed E-state index contributed by atoms with van der Waals surface area (Å²) in [6, 6.07) is 0. The molecule has 0 aliphatic heterocycles. The van der Waals surface area contributed by atoms with Crippen LogP contribution in [0.2, 0.25) is 0 Å². The molecule has 0 aliphatic carbocycles. The van der Waals surface area contributed by atoms with Crippen LogP contribution in [0.5, 0.6) is 0 Å². The summed E-state index contributed by atoms with van der Waals surface area (Å²) >= 11 is 2.77. The smallest absolute Gasteiger partial charge is 0.347 e. The number of ether oxygens (including phenoxy) is 1. The molecule has 6 nitrogen and oxygen atoms in total. The highest BCUT2D eigenvalue weighted by Gasteiger charge is 2.32. The van der Waals surface area contributed by atoms with E-state index in [1.807, 2.05) is 0 Å². The van der Waals surface area contributed by atoms with E-state index in [0.717, 1.165) is 13.3 Å². The van der Waals surface area contributed by atoms with Crippen LogP contribution < -0.4 is 0 Å². The Hall–Kier alpha value is -1.64. The molecule has 0 N–H and O–H groups in total. The van der Waals surface area contributed by atoms with Crippen LogP contribution in [0.1, 0.15) is 22.5 Å². The second-order valence-electron chi connectivity index (χ2n) is 2.76. The first-order valence-electron chi connectivity index (χ1n) is 4.09. The van der Waals surface area contributed by atoms with E-state index in [1.54, 1.807) is 0 Å². The fraction of sp³-hybridized carbons (Fsp3) is 0.250. The van der Waals surface area contributed by atoms with Gasteiger partial charge in [0.1, 0.15) is 10.2 Å². The maximum Gasteiger partial charge on any atom is 0.347 e. The maximum absolute atomic E-state index is 12.6. The minimum Gasteiger partial charge on any atom is -0.465 e. The number of hydrogen-bond donors (Lipinski definition) is 0. The average Bonchev–Trinajstić information content (AvgIpc) is 2.26. The molecule has 0 spiro atoms. The number of nitro groups is 1. The van der Waals surface area contributed by atoms with Crippen molar-refractivity contribution in [2.75, 3.05) is 7.11 Å². The Kier molecular flexibility index (Phi) is 4.05. The normalized spacial score (nSPS) is 10.4. The van der Waals surface area contributed by atoms with Gasteiger partial charge in [0.15, 0.2) is 5.56 Å². The third kappa shape index (κ3) is 2.54. The van der Waals surface area contributed by atoms with Crippen molar-refractivity contribution in [1.82, 2.24) is 4.98 Å². The van der Waals surface area contributed by atoms with E-state index in [1.165, 1.54) is 0 Å². The quantitative estimate of drug-likeness (QED) is 0.486. The molecule has 0 aromatic carbocycles. The first-order chi connectivity index (χ1) is 7.90. The van der Waals surface area contributed by atoms with Gasteiger partial charge in [-0.05, 0) is 15.9 Å². The third-order valence-electron chi connectivity index (χ3n) is 1.81. The Morgan fingerprint density at radius 1 is 1.65 bits per heavy atom. The van der Waals surface area contributed by atoms with Crippen molar-refractivity contribution in [2.24, 2.45) is 0 Å². The molecule has 0 unspecified atom stereocenters. The minimum absolute atomic E-state index is 0.174. The van der Waals surface area contributed by atoms with Crippen LogP contribution >= 0.6 is 15.9 Å². The molecule has 1 rings (SSSR count). The van der Waals surface area contributed by atoms with Gasteiger partial charge < -0.3 is 4.74 Å². The van der Waals surface area contributed by atoms with Gasteiger partial charge in [-0.2, -0.15) is 0 Å². The predicted molar refractivity (Wildman–Crippen MR) is 54.9 cm³/mol. The number of alkyl halides is 2. The molecule has 0 radical (unpaired) electrons. The van der Waals surface area contributed by atoms with Gasteiger partial charge in [-0.15, -0.1) is 0 Å². The van der Waals surface area contributed by atoms with Crippen molar-refractivity contribution in [3.05, 3.63) is 32.0 Å². The Bertz CT molecular complexity index is 481. The van der Waals surface area contributed by atoms with E-state index >= 15 is 0 Å². The highest BCUT2D eigenvalue weighted by Crippen LogP contribution is 2.34. The van der Waals surface area contributed by atoms with Crippen molar-refractivity contribution >= 4 is 27.6 Å². The molecule has 9 heteroatoms. The van der Waals surface area contributed by atoms with Crippen LogP contribution in [-0.2, 0) is 4.74 Å². The summed E-state index contributed by atoms with van der Waals surface area (Å²) in [5.74, 6) is -1.24. The molecule has 0 bridgehead atoms. The minimum atomic E-state index is -3.11. The predicted octanol–water partition coefficient (Wildman–Crippen LogP) is 2.48. The topological polar surface area (TPSA) is 82.3 Å². The summed E-state index contributed by atoms with van der Waals surface area (Å²) in [6.45, 7) is 0. The lowest BCUT2D eigenvalue weighted by molar-refractivity contribution is -0.386. The van der Waals surface area contributed by atoms with Gasteiger partial charge in [-0.25, -0.2) is 13.6 Å². The molecule has 1 heterocycles. The molecule has 1 aromatic rings. The van der Waals surface area contributed by atoms with Crippen LogP contribution in [0.4, 0.5) is 14.5 Å². The molecule has 0 aliphatic rings. The Morgan fingerprint density at radius 3 is 2.65 bits per heavy atom. The fourth-order valence-corrected chi connectivity index (χ4v) is 1.59. The molecule has 0 fully saturated rings. The van der Waals surface area contributed by atoms with Crippen LogP contribution in [0, 0.1) is 10.1 Å². The fourth-order valence-electron chi connectivity index (χ4n) is 1.14. The van der Waals surface area contributed by atoms with Gasteiger partial charge >= 0.3 is 11.7 Å². The van der Waals surface area contributed by atoms with E-state index in [4.69, 9.17) is 0 Å². The summed E-state index contributed by atoms with van der Waals surface area (Å²) in [7, 11) is 0.933. The summed E-state index contributed by atoms with van der Waals surface area (Å²) in [6.07, 6.45) is -2.28. The zero-order valence-electron chi connectivity index (χ0n) is 8.32. The van der Waals surface area contributed by atoms with E-state index < -0.39 is 34.3 Å². The number of aromatic nitrogens is 1. The zero-order valence-corrected chi connectivity index (χ0v) is 9.90. The van der Waals surface area contributed by atoms with Gasteiger partial charge in [0, 0.05) is 6.20 Å². The molecule has 0 saturated heterocycles. The summed E-state index contributed by atoms with van der Waals surface area (Å²) in [4.78, 5) is 24.4. The van der Waals surface area contributed by atoms with E-state index in [-0.39, 0.29) is 4.47 Å². The van der Waals surface area contributed by atoms with Crippen molar-refractivity contribution in [3.63, 3.8) is 0 Å². The van der Waals surface area contributed by atoms with Gasteiger partial charge in [-0.3, -0.25) is 15.1 Å². The molecule has 1 aromatic heterocycles. The van der Waals surface area contributed by atoms with Gasteiger partial charge in [0.25, 0.3) is 6.43 Å². The highest BCUT2D eigenvalue weighted by atomic mass is 79.9. The molecular formula is C8H5BrF2N2O4. The molecule has 0 atom stereocenters. The number of nitrogens with zero attached hydrogens (tertiary/aromatic N) is 2. The molecule has 0 amide bonds. The Morgan fingerprint density at radius 2 is 2.24 bits per heavy atom. The SMILES string of the molecule is COC(=O)c1c(C(F)F)ncc(Br)c1[N+](=O)[O-]. The number of methoxy groups -OCH3 is 1. The van der Waals surface area contributed by atoms with Crippen molar-refractivity contribution in [1.29, 1.82) is 0 Å². The number of esters is 1. The van der Waals surface area contributed by atoms with Gasteiger partial charge in [0.05, 0.1) is 12.0 Å². The number of rotatable bonds is 3. The summed E-state index contributed by atoms with van der Waals surface area (Å²) in [5, 5.41) is 10.7. The van der Waals surface area contributed by atoms with Crippen LogP contribution in [0.15, 0.2) is 10.7 Å². The van der Waals surface area contributed by atoms with Gasteiger partial charge in [0.2, 0.25) is 0 Å². The molecule has 92 valence electrons. The van der Waals surface area contributed by atoms with Crippen molar-refractivity contribution < 1.29 is 23.2 Å². The summed E-state index contributed by atoms with van der Waals surface area (Å²) < 4.78 is 29.2. The second-order valence-corrected chi connectivity index (χ2v) is 3.62. The number of pyridine rings is 1. The maximum atomic E-state index is 12.6. The van der Waals surface area contributed by atoms with E-state index in [2.05, 4.69) is 25.7 Å². The monoisotopic (exact) mass is 310 g/mol. The van der Waals surface area contributed by atoms with Crippen LogP contribution in [0.3, 0.4) is 0 Å². The van der Waals surface area contributed by atoms with E-state index in [0.29, 0.717) is 0 Å².